The van der Waals surface area contributed by atoms with E-state index in [2.05, 4.69) is 25.0 Å². The van der Waals surface area contributed by atoms with Gasteiger partial charge in [-0.1, -0.05) is 0 Å². The van der Waals surface area contributed by atoms with E-state index in [1.807, 2.05) is 36.5 Å². The molecule has 10 heteroatoms. The molecule has 0 unspecified atom stereocenters. The standard InChI is InChI=1S/C30H41N5O4S/c36-30(24-3-7-26(8-4-24)34-18-21-40(37,38)22-19-34)32-25-5-1-23(2-6-25)10-13-33-14-16-35(17-15-33)29-27-11-20-39-28(27)9-12-31-29/h3-4,7-9,12,23,25H,1-2,5-6,10-11,13-22H2,(H,32,36)/t23-,25-. The molecule has 3 aliphatic heterocycles. The van der Waals surface area contributed by atoms with Gasteiger partial charge < -0.3 is 19.9 Å². The molecule has 0 spiro atoms. The minimum absolute atomic E-state index is 0.0146. The molecule has 2 saturated heterocycles. The lowest BCUT2D eigenvalue weighted by Crippen LogP contribution is -2.47. The Morgan fingerprint density at radius 2 is 1.65 bits per heavy atom. The monoisotopic (exact) mass is 567 g/mol. The summed E-state index contributed by atoms with van der Waals surface area (Å²) in [4.78, 5) is 24.6. The van der Waals surface area contributed by atoms with Crippen LogP contribution < -0.4 is 19.9 Å². The van der Waals surface area contributed by atoms with Crippen LogP contribution in [0.3, 0.4) is 0 Å². The predicted octanol–water partition coefficient (Wildman–Crippen LogP) is 2.75. The molecule has 3 fully saturated rings. The number of anilines is 2. The summed E-state index contributed by atoms with van der Waals surface area (Å²) in [6, 6.07) is 9.79. The van der Waals surface area contributed by atoms with Crippen molar-refractivity contribution in [2.24, 2.45) is 5.92 Å². The fraction of sp³-hybridized carbons (Fsp3) is 0.600. The number of carbonyl (C=O) groups excluding carboxylic acids is 1. The van der Waals surface area contributed by atoms with Gasteiger partial charge in [-0.15, -0.1) is 0 Å². The number of aromatic nitrogens is 1. The van der Waals surface area contributed by atoms with Crippen molar-refractivity contribution in [2.45, 2.75) is 44.6 Å². The van der Waals surface area contributed by atoms with Crippen LogP contribution in [0.25, 0.3) is 0 Å². The van der Waals surface area contributed by atoms with Crippen molar-refractivity contribution in [3.8, 4) is 5.75 Å². The number of hydrogen-bond donors (Lipinski definition) is 1. The molecule has 216 valence electrons. The molecular formula is C30H41N5O4S. The first-order chi connectivity index (χ1) is 19.4. The fourth-order valence-corrected chi connectivity index (χ4v) is 7.78. The number of ether oxygens (including phenoxy) is 1. The summed E-state index contributed by atoms with van der Waals surface area (Å²) in [5.74, 6) is 3.22. The lowest BCUT2D eigenvalue weighted by Gasteiger charge is -2.37. The smallest absolute Gasteiger partial charge is 0.251 e. The molecule has 4 aliphatic rings. The van der Waals surface area contributed by atoms with E-state index in [0.29, 0.717) is 18.7 Å². The van der Waals surface area contributed by atoms with E-state index >= 15 is 0 Å². The van der Waals surface area contributed by atoms with Crippen LogP contribution in [0.2, 0.25) is 0 Å². The van der Waals surface area contributed by atoms with Crippen LogP contribution in [-0.2, 0) is 16.3 Å². The number of nitrogens with zero attached hydrogens (tertiary/aromatic N) is 4. The maximum Gasteiger partial charge on any atom is 0.251 e. The van der Waals surface area contributed by atoms with Gasteiger partial charge in [0, 0.05) is 74.7 Å². The molecule has 0 radical (unpaired) electrons. The third-order valence-electron chi connectivity index (χ3n) is 9.15. The van der Waals surface area contributed by atoms with Crippen molar-refractivity contribution < 1.29 is 17.9 Å². The number of amides is 1. The Bertz CT molecular complexity index is 1270. The van der Waals surface area contributed by atoms with Crippen LogP contribution in [0.4, 0.5) is 11.5 Å². The summed E-state index contributed by atoms with van der Waals surface area (Å²) in [7, 11) is -2.90. The SMILES string of the molecule is O=C(N[C@H]1CC[C@H](CCN2CCN(c3nccc4c3CCO4)CC2)CC1)c1ccc(N2CCS(=O)(=O)CC2)cc1. The van der Waals surface area contributed by atoms with Crippen LogP contribution in [-0.4, -0.2) is 94.2 Å². The van der Waals surface area contributed by atoms with Gasteiger partial charge in [-0.25, -0.2) is 13.4 Å². The second kappa shape index (κ2) is 11.9. The summed E-state index contributed by atoms with van der Waals surface area (Å²) in [5.41, 5.74) is 2.91. The van der Waals surface area contributed by atoms with Crippen molar-refractivity contribution in [1.29, 1.82) is 0 Å². The number of piperazine rings is 1. The van der Waals surface area contributed by atoms with Gasteiger partial charge in [-0.2, -0.15) is 0 Å². The molecule has 6 rings (SSSR count). The van der Waals surface area contributed by atoms with Crippen LogP contribution in [0.1, 0.15) is 48.0 Å². The van der Waals surface area contributed by atoms with E-state index in [0.717, 1.165) is 81.8 Å². The highest BCUT2D eigenvalue weighted by Gasteiger charge is 2.27. The van der Waals surface area contributed by atoms with Crippen LogP contribution in [0.15, 0.2) is 36.5 Å². The van der Waals surface area contributed by atoms with E-state index in [9.17, 15) is 13.2 Å². The van der Waals surface area contributed by atoms with Crippen molar-refractivity contribution in [1.82, 2.24) is 15.2 Å². The van der Waals surface area contributed by atoms with Gasteiger partial charge >= 0.3 is 0 Å². The molecule has 1 N–H and O–H groups in total. The van der Waals surface area contributed by atoms with Crippen LogP contribution >= 0.6 is 0 Å². The molecule has 1 aliphatic carbocycles. The molecule has 1 aromatic heterocycles. The van der Waals surface area contributed by atoms with E-state index in [1.165, 1.54) is 24.8 Å². The van der Waals surface area contributed by atoms with Gasteiger partial charge in [0.15, 0.2) is 9.84 Å². The number of fused-ring (bicyclic) bond motifs is 1. The van der Waals surface area contributed by atoms with Gasteiger partial charge in [0.05, 0.1) is 18.1 Å². The summed E-state index contributed by atoms with van der Waals surface area (Å²) in [6.45, 7) is 7.12. The lowest BCUT2D eigenvalue weighted by molar-refractivity contribution is 0.0919. The van der Waals surface area contributed by atoms with Gasteiger partial charge in [-0.05, 0) is 74.9 Å². The van der Waals surface area contributed by atoms with Crippen molar-refractivity contribution >= 4 is 27.2 Å². The van der Waals surface area contributed by atoms with Gasteiger partial charge in [0.1, 0.15) is 11.6 Å². The third-order valence-corrected chi connectivity index (χ3v) is 10.8. The molecule has 1 saturated carbocycles. The Hall–Kier alpha value is -2.85. The maximum absolute atomic E-state index is 12.9. The normalized spacial score (nSPS) is 24.8. The fourth-order valence-electron chi connectivity index (χ4n) is 6.58. The van der Waals surface area contributed by atoms with Gasteiger partial charge in [0.25, 0.3) is 5.91 Å². The molecule has 40 heavy (non-hydrogen) atoms. The van der Waals surface area contributed by atoms with Crippen molar-refractivity contribution in [2.75, 3.05) is 73.7 Å². The zero-order chi connectivity index (χ0) is 27.5. The largest absolute Gasteiger partial charge is 0.493 e. The molecular weight excluding hydrogens is 526 g/mol. The Balaban J connectivity index is 0.897. The number of benzene rings is 1. The number of hydrogen-bond acceptors (Lipinski definition) is 8. The van der Waals surface area contributed by atoms with Crippen LogP contribution in [0.5, 0.6) is 5.75 Å². The number of sulfone groups is 1. The average molecular weight is 568 g/mol. The molecule has 0 bridgehead atoms. The zero-order valence-electron chi connectivity index (χ0n) is 23.3. The second-order valence-electron chi connectivity index (χ2n) is 11.7. The Labute approximate surface area is 237 Å². The molecule has 9 nitrogen and oxygen atoms in total. The Morgan fingerprint density at radius 1 is 0.925 bits per heavy atom. The summed E-state index contributed by atoms with van der Waals surface area (Å²) in [5, 5.41) is 3.25. The first-order valence-electron chi connectivity index (χ1n) is 14.9. The topological polar surface area (TPSA) is 95.1 Å². The molecule has 2 aromatic rings. The quantitative estimate of drug-likeness (QED) is 0.546. The van der Waals surface area contributed by atoms with E-state index in [4.69, 9.17) is 4.74 Å². The molecule has 1 aromatic carbocycles. The molecule has 4 heterocycles. The number of pyridine rings is 1. The first kappa shape index (κ1) is 27.3. The minimum Gasteiger partial charge on any atom is -0.493 e. The molecule has 0 atom stereocenters. The highest BCUT2D eigenvalue weighted by atomic mass is 32.2. The number of nitrogens with one attached hydrogen (secondary N) is 1. The minimum atomic E-state index is -2.90. The predicted molar refractivity (Wildman–Crippen MR) is 157 cm³/mol. The van der Waals surface area contributed by atoms with Crippen LogP contribution in [0, 0.1) is 5.92 Å². The summed E-state index contributed by atoms with van der Waals surface area (Å²) < 4.78 is 29.1. The molecule has 1 amide bonds. The van der Waals surface area contributed by atoms with E-state index < -0.39 is 9.84 Å². The van der Waals surface area contributed by atoms with E-state index in [1.54, 1.807) is 0 Å². The highest BCUT2D eigenvalue weighted by Crippen LogP contribution is 2.33. The zero-order valence-corrected chi connectivity index (χ0v) is 24.1. The summed E-state index contributed by atoms with van der Waals surface area (Å²) >= 11 is 0. The Kier molecular flexibility index (Phi) is 8.16. The average Bonchev–Trinajstić information content (AvgIpc) is 3.47. The number of carbonyl (C=O) groups is 1. The Morgan fingerprint density at radius 3 is 2.38 bits per heavy atom. The third kappa shape index (κ3) is 6.38. The first-order valence-corrected chi connectivity index (χ1v) is 16.7. The van der Waals surface area contributed by atoms with Crippen molar-refractivity contribution in [3.05, 3.63) is 47.7 Å². The number of rotatable bonds is 7. The lowest BCUT2D eigenvalue weighted by atomic mass is 9.84. The maximum atomic E-state index is 12.9. The summed E-state index contributed by atoms with van der Waals surface area (Å²) in [6.07, 6.45) is 8.47. The van der Waals surface area contributed by atoms with E-state index in [-0.39, 0.29) is 23.5 Å². The highest BCUT2D eigenvalue weighted by molar-refractivity contribution is 7.91. The van der Waals surface area contributed by atoms with Gasteiger partial charge in [-0.3, -0.25) is 9.69 Å². The van der Waals surface area contributed by atoms with Gasteiger partial charge in [0.2, 0.25) is 0 Å². The second-order valence-corrected chi connectivity index (χ2v) is 14.0. The van der Waals surface area contributed by atoms with Crippen molar-refractivity contribution in [3.63, 3.8) is 0 Å².